The number of nitrogens with zero attached hydrogens (tertiary/aromatic N) is 2. The molecule has 1 saturated carbocycles. The van der Waals surface area contributed by atoms with Crippen molar-refractivity contribution in [2.24, 2.45) is 0 Å². The Hall–Kier alpha value is -2.98. The fourth-order valence-corrected chi connectivity index (χ4v) is 5.82. The van der Waals surface area contributed by atoms with E-state index >= 15 is 0 Å². The molecule has 4 bridgehead atoms. The van der Waals surface area contributed by atoms with Crippen molar-refractivity contribution in [2.45, 2.75) is 43.7 Å². The highest BCUT2D eigenvalue weighted by Gasteiger charge is 2.44. The van der Waals surface area contributed by atoms with Crippen LogP contribution in [0.3, 0.4) is 0 Å². The molecule has 2 heterocycles. The highest BCUT2D eigenvalue weighted by molar-refractivity contribution is 7.88. The molecule has 6 nitrogen and oxygen atoms in total. The number of nitrogens with one attached hydrogen (secondary N) is 1. The number of sulfonamides is 1. The number of hydrogen-bond acceptors (Lipinski definition) is 5. The third-order valence-corrected chi connectivity index (χ3v) is 7.22. The van der Waals surface area contributed by atoms with Gasteiger partial charge in [-0.05, 0) is 61.6 Å². The molecule has 34 heavy (non-hydrogen) atoms. The predicted molar refractivity (Wildman–Crippen MR) is 119 cm³/mol. The molecule has 178 valence electrons. The minimum absolute atomic E-state index is 0.0931. The van der Waals surface area contributed by atoms with Gasteiger partial charge in [-0.3, -0.25) is 0 Å². The summed E-state index contributed by atoms with van der Waals surface area (Å²) in [5, 5.41) is 0. The largest absolute Gasteiger partial charge is 0.483 e. The normalized spacial score (nSPS) is 21.9. The SMILES string of the molecule is CS(=O)(=O)N[C@H]1CC[C@@]2(Cc3ccc(F)c(c3)-c3ccc(F)c(F)c3OCc3ccnc2n3)C1. The van der Waals surface area contributed by atoms with Crippen LogP contribution in [0.15, 0.2) is 42.6 Å². The fraction of sp³-hybridized carbons (Fsp3) is 0.333. The van der Waals surface area contributed by atoms with E-state index in [1.165, 1.54) is 12.1 Å². The second-order valence-corrected chi connectivity index (χ2v) is 10.8. The van der Waals surface area contributed by atoms with Gasteiger partial charge in [0.2, 0.25) is 15.8 Å². The summed E-state index contributed by atoms with van der Waals surface area (Å²) in [6.07, 6.45) is 4.80. The van der Waals surface area contributed by atoms with Gasteiger partial charge in [0.05, 0.1) is 11.9 Å². The molecule has 1 N–H and O–H groups in total. The lowest BCUT2D eigenvalue weighted by atomic mass is 9.78. The number of rotatable bonds is 2. The third kappa shape index (κ3) is 4.27. The van der Waals surface area contributed by atoms with Crippen LogP contribution >= 0.6 is 0 Å². The molecule has 3 aromatic rings. The van der Waals surface area contributed by atoms with Crippen molar-refractivity contribution < 1.29 is 26.3 Å². The Bertz CT molecular complexity index is 1380. The van der Waals surface area contributed by atoms with Gasteiger partial charge in [0.25, 0.3) is 0 Å². The summed E-state index contributed by atoms with van der Waals surface area (Å²) in [5.74, 6) is -2.76. The molecule has 0 amide bonds. The van der Waals surface area contributed by atoms with Gasteiger partial charge >= 0.3 is 0 Å². The number of fused-ring (bicyclic) bond motifs is 7. The molecule has 0 unspecified atom stereocenters. The molecule has 5 rings (SSSR count). The first-order valence-electron chi connectivity index (χ1n) is 10.8. The molecule has 1 spiro atoms. The van der Waals surface area contributed by atoms with Gasteiger partial charge in [-0.2, -0.15) is 4.39 Å². The van der Waals surface area contributed by atoms with Crippen LogP contribution in [0, 0.1) is 17.5 Å². The Morgan fingerprint density at radius 2 is 1.88 bits per heavy atom. The van der Waals surface area contributed by atoms with Gasteiger partial charge < -0.3 is 4.74 Å². The third-order valence-electron chi connectivity index (χ3n) is 6.45. The first-order chi connectivity index (χ1) is 16.1. The van der Waals surface area contributed by atoms with Crippen LogP contribution in [0.25, 0.3) is 11.1 Å². The van der Waals surface area contributed by atoms with E-state index in [1.807, 2.05) is 0 Å². The van der Waals surface area contributed by atoms with E-state index in [0.29, 0.717) is 37.2 Å². The number of aromatic nitrogens is 2. The fourth-order valence-electron chi connectivity index (χ4n) is 5.02. The van der Waals surface area contributed by atoms with Gasteiger partial charge in [0.1, 0.15) is 18.2 Å². The zero-order valence-electron chi connectivity index (χ0n) is 18.3. The monoisotopic (exact) mass is 489 g/mol. The molecule has 0 radical (unpaired) electrons. The Morgan fingerprint density at radius 3 is 2.68 bits per heavy atom. The Morgan fingerprint density at radius 1 is 1.09 bits per heavy atom. The van der Waals surface area contributed by atoms with Gasteiger partial charge in [-0.1, -0.05) is 6.07 Å². The van der Waals surface area contributed by atoms with Gasteiger partial charge in [0, 0.05) is 28.8 Å². The van der Waals surface area contributed by atoms with E-state index in [0.717, 1.165) is 17.9 Å². The van der Waals surface area contributed by atoms with Crippen LogP contribution in [0.1, 0.15) is 36.3 Å². The van der Waals surface area contributed by atoms with Crippen molar-refractivity contribution >= 4 is 10.0 Å². The highest BCUT2D eigenvalue weighted by Crippen LogP contribution is 2.44. The molecule has 1 aliphatic carbocycles. The summed E-state index contributed by atoms with van der Waals surface area (Å²) in [6.45, 7) is -0.175. The molecule has 1 aliphatic heterocycles. The molecule has 2 aliphatic rings. The number of halogens is 3. The van der Waals surface area contributed by atoms with Gasteiger partial charge in [0.15, 0.2) is 11.6 Å². The zero-order valence-corrected chi connectivity index (χ0v) is 19.1. The lowest BCUT2D eigenvalue weighted by Gasteiger charge is -2.29. The van der Waals surface area contributed by atoms with Crippen molar-refractivity contribution in [1.82, 2.24) is 14.7 Å². The lowest BCUT2D eigenvalue weighted by molar-refractivity contribution is 0.279. The van der Waals surface area contributed by atoms with E-state index in [1.54, 1.807) is 24.4 Å². The minimum Gasteiger partial charge on any atom is -0.483 e. The molecule has 2 aromatic carbocycles. The quantitative estimate of drug-likeness (QED) is 0.588. The van der Waals surface area contributed by atoms with Gasteiger partial charge in [-0.25, -0.2) is 31.9 Å². The van der Waals surface area contributed by atoms with E-state index in [9.17, 15) is 21.6 Å². The highest BCUT2D eigenvalue weighted by atomic mass is 32.2. The molecule has 0 saturated heterocycles. The molecule has 1 aromatic heterocycles. The minimum atomic E-state index is -3.40. The topological polar surface area (TPSA) is 81.2 Å². The molecule has 2 atom stereocenters. The second-order valence-electron chi connectivity index (χ2n) is 9.00. The predicted octanol–water partition coefficient (Wildman–Crippen LogP) is 4.04. The summed E-state index contributed by atoms with van der Waals surface area (Å²) >= 11 is 0. The molecule has 1 fully saturated rings. The van der Waals surface area contributed by atoms with Crippen LogP contribution < -0.4 is 9.46 Å². The zero-order chi connectivity index (χ0) is 24.1. The summed E-state index contributed by atoms with van der Waals surface area (Å²) in [5.41, 5.74) is 0.786. The summed E-state index contributed by atoms with van der Waals surface area (Å²) in [6, 6.07) is 8.08. The molecule has 10 heteroatoms. The van der Waals surface area contributed by atoms with Crippen LogP contribution in [-0.4, -0.2) is 30.7 Å². The maximum atomic E-state index is 14.9. The Kier molecular flexibility index (Phi) is 5.60. The van der Waals surface area contributed by atoms with E-state index in [-0.39, 0.29) is 29.5 Å². The molecular formula is C24H22F3N3O3S. The maximum Gasteiger partial charge on any atom is 0.208 e. The van der Waals surface area contributed by atoms with Crippen molar-refractivity contribution in [1.29, 1.82) is 0 Å². The van der Waals surface area contributed by atoms with Crippen molar-refractivity contribution in [2.75, 3.05) is 6.26 Å². The molecular weight excluding hydrogens is 467 g/mol. The lowest BCUT2D eigenvalue weighted by Crippen LogP contribution is -2.36. The average Bonchev–Trinajstić information content (AvgIpc) is 3.17. The summed E-state index contributed by atoms with van der Waals surface area (Å²) in [7, 11) is -3.40. The second kappa shape index (κ2) is 8.35. The van der Waals surface area contributed by atoms with Crippen LogP contribution in [0.4, 0.5) is 13.2 Å². The number of hydrogen-bond donors (Lipinski definition) is 1. The van der Waals surface area contributed by atoms with E-state index < -0.39 is 32.9 Å². The average molecular weight is 490 g/mol. The summed E-state index contributed by atoms with van der Waals surface area (Å²) < 4.78 is 75.5. The van der Waals surface area contributed by atoms with Crippen LogP contribution in [0.5, 0.6) is 5.75 Å². The number of benzene rings is 2. The standard InChI is InChI=1S/C24H22F3N3O3S/c1-34(31,32)30-15-6-8-24(12-15)11-14-2-4-19(25)18(10-14)17-3-5-20(26)21(27)22(17)33-13-16-7-9-28-23(24)29-16/h2-5,7,9-10,15,30H,6,8,11-13H2,1H3/t15-,24+/m0/s1. The summed E-state index contributed by atoms with van der Waals surface area (Å²) in [4.78, 5) is 9.14. The maximum absolute atomic E-state index is 14.9. The smallest absolute Gasteiger partial charge is 0.208 e. The first-order valence-corrected chi connectivity index (χ1v) is 12.7. The number of ether oxygens (including phenoxy) is 1. The van der Waals surface area contributed by atoms with Crippen LogP contribution in [0.2, 0.25) is 0 Å². The Labute approximate surface area is 195 Å². The van der Waals surface area contributed by atoms with Crippen molar-refractivity contribution in [3.05, 3.63) is 77.1 Å². The van der Waals surface area contributed by atoms with Crippen LogP contribution in [-0.2, 0) is 28.5 Å². The van der Waals surface area contributed by atoms with Crippen molar-refractivity contribution in [3.63, 3.8) is 0 Å². The van der Waals surface area contributed by atoms with E-state index in [4.69, 9.17) is 4.74 Å². The van der Waals surface area contributed by atoms with Gasteiger partial charge in [-0.15, -0.1) is 0 Å². The van der Waals surface area contributed by atoms with Crippen molar-refractivity contribution in [3.8, 4) is 16.9 Å². The Balaban J connectivity index is 1.66. The van der Waals surface area contributed by atoms with E-state index in [2.05, 4.69) is 14.7 Å². The first kappa shape index (κ1) is 22.8.